The van der Waals surface area contributed by atoms with Crippen molar-refractivity contribution in [3.05, 3.63) is 77.1 Å². The average molecular weight is 667 g/mol. The van der Waals surface area contributed by atoms with Crippen LogP contribution >= 0.6 is 11.6 Å². The van der Waals surface area contributed by atoms with Crippen molar-refractivity contribution >= 4 is 40.9 Å². The third-order valence-electron chi connectivity index (χ3n) is 5.62. The van der Waals surface area contributed by atoms with E-state index in [2.05, 4.69) is 20.9 Å². The first-order chi connectivity index (χ1) is 21.7. The highest BCUT2D eigenvalue weighted by Crippen LogP contribution is 2.36. The predicted molar refractivity (Wildman–Crippen MR) is 164 cm³/mol. The molecule has 0 fully saturated rings. The summed E-state index contributed by atoms with van der Waals surface area (Å²) < 4.78 is 60.9. The van der Waals surface area contributed by atoms with Gasteiger partial charge in [-0.15, -0.1) is 0 Å². The number of anilines is 2. The van der Waals surface area contributed by atoms with Crippen LogP contribution in [0.25, 0.3) is 0 Å². The fourth-order valence-electron chi connectivity index (χ4n) is 3.65. The number of esters is 1. The van der Waals surface area contributed by atoms with Crippen LogP contribution in [0.15, 0.2) is 60.8 Å². The van der Waals surface area contributed by atoms with E-state index in [1.165, 1.54) is 30.5 Å². The molecule has 0 unspecified atom stereocenters. The van der Waals surface area contributed by atoms with Crippen molar-refractivity contribution in [1.82, 2.24) is 10.3 Å². The summed E-state index contributed by atoms with van der Waals surface area (Å²) in [6, 6.07) is 11.5. The lowest BCUT2D eigenvalue weighted by molar-refractivity contribution is -0.156. The number of carbonyl (C=O) groups is 3. The van der Waals surface area contributed by atoms with Crippen LogP contribution in [0, 0.1) is 0 Å². The molecule has 3 N–H and O–H groups in total. The zero-order valence-corrected chi connectivity index (χ0v) is 26.1. The standard InChI is InChI=1S/C31H34ClF3N4O7/c1-30(2,3)46-27(40)11-14-43-16-17-44-15-13-37-28(41)26-19-23(10-12-36-26)45-22-7-4-20(5-8-22)38-29(42)39-21-6-9-25(32)24(18-21)31(33,34)35/h4-10,12,18-19H,11,13-17H2,1-3H3,(H,37,41)(H2,38,39,42). The molecule has 0 radical (unpaired) electrons. The number of benzene rings is 2. The molecule has 0 aliphatic carbocycles. The Morgan fingerprint density at radius 1 is 0.826 bits per heavy atom. The summed E-state index contributed by atoms with van der Waals surface area (Å²) in [5, 5.41) is 7.06. The molecule has 46 heavy (non-hydrogen) atoms. The predicted octanol–water partition coefficient (Wildman–Crippen LogP) is 6.68. The number of carbonyl (C=O) groups excluding carboxylic acids is 3. The Morgan fingerprint density at radius 2 is 1.48 bits per heavy atom. The molecule has 3 aromatic rings. The quantitative estimate of drug-likeness (QED) is 0.128. The lowest BCUT2D eigenvalue weighted by Gasteiger charge is -2.19. The molecule has 0 bridgehead atoms. The zero-order valence-electron chi connectivity index (χ0n) is 25.3. The second-order valence-corrected chi connectivity index (χ2v) is 11.0. The molecule has 2 aromatic carbocycles. The van der Waals surface area contributed by atoms with Crippen LogP contribution in [0.1, 0.15) is 43.2 Å². The van der Waals surface area contributed by atoms with Gasteiger partial charge in [0, 0.05) is 30.2 Å². The number of alkyl halides is 3. The van der Waals surface area contributed by atoms with Gasteiger partial charge >= 0.3 is 18.2 Å². The number of nitrogens with zero attached hydrogens (tertiary/aromatic N) is 1. The molecule has 1 heterocycles. The highest BCUT2D eigenvalue weighted by molar-refractivity contribution is 6.31. The number of amides is 3. The Morgan fingerprint density at radius 3 is 2.15 bits per heavy atom. The van der Waals surface area contributed by atoms with Gasteiger partial charge in [-0.1, -0.05) is 11.6 Å². The molecule has 0 spiro atoms. The Kier molecular flexibility index (Phi) is 13.2. The monoisotopic (exact) mass is 666 g/mol. The summed E-state index contributed by atoms with van der Waals surface area (Å²) >= 11 is 5.61. The third-order valence-corrected chi connectivity index (χ3v) is 5.95. The number of halogens is 4. The van der Waals surface area contributed by atoms with E-state index in [-0.39, 0.29) is 56.7 Å². The van der Waals surface area contributed by atoms with Crippen LogP contribution in [0.3, 0.4) is 0 Å². The van der Waals surface area contributed by atoms with E-state index < -0.39 is 34.3 Å². The molecule has 11 nitrogen and oxygen atoms in total. The van der Waals surface area contributed by atoms with Crippen LogP contribution in [0.2, 0.25) is 5.02 Å². The van der Waals surface area contributed by atoms with E-state index in [9.17, 15) is 27.6 Å². The molecule has 0 aliphatic rings. The second-order valence-electron chi connectivity index (χ2n) is 10.6. The molecule has 3 amide bonds. The maximum absolute atomic E-state index is 13.1. The SMILES string of the molecule is CC(C)(C)OC(=O)CCOCCOCCNC(=O)c1cc(Oc2ccc(NC(=O)Nc3ccc(Cl)c(C(F)(F)F)c3)cc2)ccn1. The van der Waals surface area contributed by atoms with Gasteiger partial charge < -0.3 is 34.9 Å². The van der Waals surface area contributed by atoms with Crippen molar-refractivity contribution < 1.29 is 46.5 Å². The minimum atomic E-state index is -4.67. The highest BCUT2D eigenvalue weighted by Gasteiger charge is 2.33. The number of pyridine rings is 1. The first-order valence-electron chi connectivity index (χ1n) is 14.0. The Balaban J connectivity index is 1.37. The number of aromatic nitrogens is 1. The normalized spacial score (nSPS) is 11.5. The number of ether oxygens (including phenoxy) is 4. The van der Waals surface area contributed by atoms with Crippen LogP contribution in [0.5, 0.6) is 11.5 Å². The highest BCUT2D eigenvalue weighted by atomic mass is 35.5. The number of hydrogen-bond acceptors (Lipinski definition) is 8. The summed E-state index contributed by atoms with van der Waals surface area (Å²) in [7, 11) is 0. The average Bonchev–Trinajstić information content (AvgIpc) is 2.97. The summed E-state index contributed by atoms with van der Waals surface area (Å²) in [6.07, 6.45) is -3.10. The Hall–Kier alpha value is -4.40. The molecule has 0 saturated carbocycles. The molecule has 1 aromatic heterocycles. The summed E-state index contributed by atoms with van der Waals surface area (Å²) in [4.78, 5) is 40.5. The van der Waals surface area contributed by atoms with E-state index in [0.29, 0.717) is 17.2 Å². The minimum Gasteiger partial charge on any atom is -0.460 e. The number of nitrogens with one attached hydrogen (secondary N) is 3. The largest absolute Gasteiger partial charge is 0.460 e. The van der Waals surface area contributed by atoms with Gasteiger partial charge in [-0.3, -0.25) is 14.6 Å². The van der Waals surface area contributed by atoms with Crippen LogP contribution in [0.4, 0.5) is 29.3 Å². The molecule has 15 heteroatoms. The first-order valence-corrected chi connectivity index (χ1v) is 14.4. The molecule has 0 atom stereocenters. The van der Waals surface area contributed by atoms with Gasteiger partial charge in [-0.25, -0.2) is 4.79 Å². The Labute approximate surface area is 268 Å². The molecule has 3 rings (SSSR count). The molecular formula is C31H34ClF3N4O7. The zero-order chi connectivity index (χ0) is 33.7. The smallest absolute Gasteiger partial charge is 0.417 e. The fourth-order valence-corrected chi connectivity index (χ4v) is 3.88. The van der Waals surface area contributed by atoms with E-state index in [0.717, 1.165) is 12.1 Å². The maximum Gasteiger partial charge on any atom is 0.417 e. The maximum atomic E-state index is 13.1. The number of hydrogen-bond donors (Lipinski definition) is 3. The van der Waals surface area contributed by atoms with Crippen LogP contribution in [-0.4, -0.2) is 61.5 Å². The van der Waals surface area contributed by atoms with E-state index in [4.69, 9.17) is 30.5 Å². The second kappa shape index (κ2) is 16.8. The summed E-state index contributed by atoms with van der Waals surface area (Å²) in [5.41, 5.74) is -1.22. The van der Waals surface area contributed by atoms with Crippen LogP contribution < -0.4 is 20.7 Å². The lowest BCUT2D eigenvalue weighted by Crippen LogP contribution is -2.28. The molecule has 0 saturated heterocycles. The molecule has 248 valence electrons. The van der Waals surface area contributed by atoms with Gasteiger partial charge in [0.25, 0.3) is 5.91 Å². The van der Waals surface area contributed by atoms with Crippen molar-refractivity contribution in [2.45, 2.75) is 39.0 Å². The van der Waals surface area contributed by atoms with Crippen molar-refractivity contribution in [1.29, 1.82) is 0 Å². The van der Waals surface area contributed by atoms with Crippen LogP contribution in [-0.2, 0) is 25.2 Å². The van der Waals surface area contributed by atoms with Crippen molar-refractivity contribution in [2.75, 3.05) is 43.6 Å². The molecular weight excluding hydrogens is 633 g/mol. The van der Waals surface area contributed by atoms with Crippen molar-refractivity contribution in [3.63, 3.8) is 0 Å². The van der Waals surface area contributed by atoms with E-state index in [1.807, 2.05) is 0 Å². The van der Waals surface area contributed by atoms with Gasteiger partial charge in [-0.2, -0.15) is 13.2 Å². The van der Waals surface area contributed by atoms with Gasteiger partial charge in [0.05, 0.1) is 43.4 Å². The van der Waals surface area contributed by atoms with E-state index >= 15 is 0 Å². The minimum absolute atomic E-state index is 0.0855. The van der Waals surface area contributed by atoms with Crippen molar-refractivity contribution in [2.24, 2.45) is 0 Å². The number of urea groups is 1. The topological polar surface area (TPSA) is 137 Å². The van der Waals surface area contributed by atoms with Gasteiger partial charge in [-0.05, 0) is 69.3 Å². The lowest BCUT2D eigenvalue weighted by atomic mass is 10.2. The molecule has 0 aliphatic heterocycles. The summed E-state index contributed by atoms with van der Waals surface area (Å²) in [5.74, 6) is -0.0457. The van der Waals surface area contributed by atoms with Gasteiger partial charge in [0.2, 0.25) is 0 Å². The Bertz CT molecular complexity index is 1480. The van der Waals surface area contributed by atoms with E-state index in [1.54, 1.807) is 39.0 Å². The first kappa shape index (κ1) is 36.1. The third kappa shape index (κ3) is 12.9. The van der Waals surface area contributed by atoms with Gasteiger partial charge in [0.1, 0.15) is 22.8 Å². The fraction of sp³-hybridized carbons (Fsp3) is 0.355. The number of rotatable bonds is 14. The van der Waals surface area contributed by atoms with Crippen molar-refractivity contribution in [3.8, 4) is 11.5 Å². The van der Waals surface area contributed by atoms with Gasteiger partial charge in [0.15, 0.2) is 0 Å². The summed E-state index contributed by atoms with van der Waals surface area (Å²) in [6.45, 7) is 6.65.